The topological polar surface area (TPSA) is 103 Å². The molecule has 1 atom stereocenters. The van der Waals surface area contributed by atoms with Gasteiger partial charge in [0.2, 0.25) is 5.91 Å². The molecule has 164 valence electrons. The van der Waals surface area contributed by atoms with Crippen molar-refractivity contribution in [2.45, 2.75) is 52.7 Å². The summed E-state index contributed by atoms with van der Waals surface area (Å²) in [5.74, 6) is 0.572. The number of carbonyl (C=O) groups excluding carboxylic acids is 2. The van der Waals surface area contributed by atoms with Gasteiger partial charge in [0.15, 0.2) is 17.9 Å². The average Bonchev–Trinajstić information content (AvgIpc) is 3.15. The molecule has 30 heavy (non-hydrogen) atoms. The van der Waals surface area contributed by atoms with E-state index in [2.05, 4.69) is 15.6 Å². The van der Waals surface area contributed by atoms with Crippen LogP contribution in [-0.2, 0) is 9.53 Å². The smallest absolute Gasteiger partial charge is 0.408 e. The van der Waals surface area contributed by atoms with Gasteiger partial charge >= 0.3 is 6.09 Å². The van der Waals surface area contributed by atoms with Crippen LogP contribution in [0.3, 0.4) is 0 Å². The highest BCUT2D eigenvalue weighted by Crippen LogP contribution is 2.40. The molecule has 2 rings (SSSR count). The van der Waals surface area contributed by atoms with Gasteiger partial charge in [-0.3, -0.25) is 4.79 Å². The molecule has 0 fully saturated rings. The molecular weight excluding hydrogens is 410 g/mol. The van der Waals surface area contributed by atoms with Gasteiger partial charge in [-0.05, 0) is 45.2 Å². The molecule has 1 aromatic heterocycles. The van der Waals surface area contributed by atoms with Gasteiger partial charge in [-0.1, -0.05) is 25.4 Å². The van der Waals surface area contributed by atoms with E-state index in [-0.39, 0.29) is 10.9 Å². The number of carbonyl (C=O) groups is 2. The highest BCUT2D eigenvalue weighted by molar-refractivity contribution is 6.35. The first kappa shape index (κ1) is 23.5. The van der Waals surface area contributed by atoms with Crippen molar-refractivity contribution in [3.63, 3.8) is 0 Å². The normalized spacial score (nSPS) is 12.4. The number of rotatable bonds is 7. The molecule has 2 aromatic rings. The van der Waals surface area contributed by atoms with Crippen LogP contribution in [0.4, 0.5) is 10.5 Å². The summed E-state index contributed by atoms with van der Waals surface area (Å²) in [6, 6.07) is 2.55. The van der Waals surface area contributed by atoms with Crippen molar-refractivity contribution in [1.82, 2.24) is 10.3 Å². The number of nitrogens with one attached hydrogen (secondary N) is 2. The van der Waals surface area contributed by atoms with Crippen molar-refractivity contribution >= 4 is 29.3 Å². The van der Waals surface area contributed by atoms with E-state index in [0.29, 0.717) is 29.2 Å². The second-order valence-electron chi connectivity index (χ2n) is 8.19. The van der Waals surface area contributed by atoms with Crippen LogP contribution in [0.5, 0.6) is 5.75 Å². The summed E-state index contributed by atoms with van der Waals surface area (Å²) in [6.45, 7) is 9.18. The predicted molar refractivity (Wildman–Crippen MR) is 115 cm³/mol. The molecule has 8 nitrogen and oxygen atoms in total. The lowest BCUT2D eigenvalue weighted by atomic mass is 10.0. The first-order valence-corrected chi connectivity index (χ1v) is 9.95. The fourth-order valence-electron chi connectivity index (χ4n) is 2.77. The standard InChI is InChI=1S/C21H28ClN3O5/c1-12(2)9-15(25-20(27)30-21(3,4)5)19(26)24-14-8-7-13(16-10-23-11-29-16)18(28-6)17(14)22/h7-8,10-12,15H,9H2,1-6H3,(H,24,26)(H,25,27)/t15-/m1/s1. The molecule has 9 heteroatoms. The number of methoxy groups -OCH3 is 1. The Kier molecular flexibility index (Phi) is 7.72. The highest BCUT2D eigenvalue weighted by Gasteiger charge is 2.26. The maximum Gasteiger partial charge on any atom is 0.408 e. The minimum absolute atomic E-state index is 0.162. The number of ether oxygens (including phenoxy) is 2. The Morgan fingerprint density at radius 2 is 1.97 bits per heavy atom. The molecular formula is C21H28ClN3O5. The Balaban J connectivity index is 2.23. The van der Waals surface area contributed by atoms with Crippen molar-refractivity contribution < 1.29 is 23.5 Å². The number of halogens is 1. The molecule has 2 amide bonds. The number of amides is 2. The molecule has 0 aliphatic carbocycles. The van der Waals surface area contributed by atoms with Gasteiger partial charge in [-0.25, -0.2) is 9.78 Å². The zero-order valence-corrected chi connectivity index (χ0v) is 18.8. The third-order valence-corrected chi connectivity index (χ3v) is 4.35. The van der Waals surface area contributed by atoms with Crippen LogP contribution in [-0.4, -0.2) is 35.7 Å². The van der Waals surface area contributed by atoms with Crippen molar-refractivity contribution in [1.29, 1.82) is 0 Å². The van der Waals surface area contributed by atoms with Crippen molar-refractivity contribution in [3.8, 4) is 17.1 Å². The monoisotopic (exact) mass is 437 g/mol. The van der Waals surface area contributed by atoms with Crippen LogP contribution in [0.15, 0.2) is 29.1 Å². The van der Waals surface area contributed by atoms with E-state index in [1.54, 1.807) is 32.9 Å². The van der Waals surface area contributed by atoms with Gasteiger partial charge < -0.3 is 24.5 Å². The fourth-order valence-corrected chi connectivity index (χ4v) is 3.06. The number of oxazole rings is 1. The number of aromatic nitrogens is 1. The zero-order valence-electron chi connectivity index (χ0n) is 18.0. The molecule has 0 aliphatic heterocycles. The third-order valence-electron chi connectivity index (χ3n) is 3.97. The largest absolute Gasteiger partial charge is 0.494 e. The summed E-state index contributed by atoms with van der Waals surface area (Å²) in [5, 5.41) is 5.61. The summed E-state index contributed by atoms with van der Waals surface area (Å²) in [5.41, 5.74) is 0.279. The van der Waals surface area contributed by atoms with Gasteiger partial charge in [0.1, 0.15) is 16.7 Å². The van der Waals surface area contributed by atoms with Crippen LogP contribution in [0, 0.1) is 5.92 Å². The van der Waals surface area contributed by atoms with Gasteiger partial charge in [-0.15, -0.1) is 0 Å². The van der Waals surface area contributed by atoms with E-state index in [1.165, 1.54) is 19.7 Å². The van der Waals surface area contributed by atoms with Crippen LogP contribution in [0.25, 0.3) is 11.3 Å². The molecule has 0 saturated carbocycles. The minimum atomic E-state index is -0.795. The average molecular weight is 438 g/mol. The van der Waals surface area contributed by atoms with E-state index < -0.39 is 23.6 Å². The van der Waals surface area contributed by atoms with Crippen LogP contribution in [0.2, 0.25) is 5.02 Å². The van der Waals surface area contributed by atoms with Gasteiger partial charge in [0, 0.05) is 0 Å². The second-order valence-corrected chi connectivity index (χ2v) is 8.57. The first-order chi connectivity index (χ1) is 14.0. The lowest BCUT2D eigenvalue weighted by molar-refractivity contribution is -0.118. The van der Waals surface area contributed by atoms with Crippen LogP contribution < -0.4 is 15.4 Å². The fraction of sp³-hybridized carbons (Fsp3) is 0.476. The maximum atomic E-state index is 12.9. The summed E-state index contributed by atoms with van der Waals surface area (Å²) in [4.78, 5) is 29.0. The lowest BCUT2D eigenvalue weighted by Gasteiger charge is -2.24. The minimum Gasteiger partial charge on any atom is -0.494 e. The lowest BCUT2D eigenvalue weighted by Crippen LogP contribution is -2.46. The molecule has 0 spiro atoms. The number of alkyl carbamates (subject to hydrolysis) is 1. The molecule has 2 N–H and O–H groups in total. The van der Waals surface area contributed by atoms with E-state index in [9.17, 15) is 9.59 Å². The number of hydrogen-bond acceptors (Lipinski definition) is 6. The van der Waals surface area contributed by atoms with E-state index in [0.717, 1.165) is 0 Å². The quantitative estimate of drug-likeness (QED) is 0.639. The van der Waals surface area contributed by atoms with Gasteiger partial charge in [-0.2, -0.15) is 0 Å². The van der Waals surface area contributed by atoms with E-state index >= 15 is 0 Å². The van der Waals surface area contributed by atoms with Gasteiger partial charge in [0.05, 0.1) is 24.6 Å². The summed E-state index contributed by atoms with van der Waals surface area (Å²) >= 11 is 6.46. The number of benzene rings is 1. The van der Waals surface area contributed by atoms with E-state index in [1.807, 2.05) is 13.8 Å². The third kappa shape index (κ3) is 6.38. The molecule has 1 aromatic carbocycles. The molecule has 0 saturated heterocycles. The van der Waals surface area contributed by atoms with E-state index in [4.69, 9.17) is 25.5 Å². The Morgan fingerprint density at radius 1 is 1.27 bits per heavy atom. The number of hydrogen-bond donors (Lipinski definition) is 2. The molecule has 0 unspecified atom stereocenters. The number of anilines is 1. The second kappa shape index (κ2) is 9.84. The predicted octanol–water partition coefficient (Wildman–Crippen LogP) is 4.88. The van der Waals surface area contributed by atoms with Crippen molar-refractivity contribution in [2.24, 2.45) is 5.92 Å². The van der Waals surface area contributed by atoms with Crippen LogP contribution >= 0.6 is 11.6 Å². The Morgan fingerprint density at radius 3 is 2.50 bits per heavy atom. The molecule has 0 radical (unpaired) electrons. The maximum absolute atomic E-state index is 12.9. The number of nitrogens with zero attached hydrogens (tertiary/aromatic N) is 1. The Bertz CT molecular complexity index is 876. The summed E-state index contributed by atoms with van der Waals surface area (Å²) < 4.78 is 16.0. The SMILES string of the molecule is COc1c(-c2cnco2)ccc(NC(=O)[C@@H](CC(C)C)NC(=O)OC(C)(C)C)c1Cl. The Labute approximate surface area is 181 Å². The van der Waals surface area contributed by atoms with Crippen molar-refractivity contribution in [2.75, 3.05) is 12.4 Å². The Hall–Kier alpha value is -2.74. The van der Waals surface area contributed by atoms with Crippen molar-refractivity contribution in [3.05, 3.63) is 29.7 Å². The summed E-state index contributed by atoms with van der Waals surface area (Å²) in [7, 11) is 1.47. The van der Waals surface area contributed by atoms with Gasteiger partial charge in [0.25, 0.3) is 0 Å². The molecule has 1 heterocycles. The molecule has 0 aliphatic rings. The first-order valence-electron chi connectivity index (χ1n) is 9.57. The molecule has 0 bridgehead atoms. The highest BCUT2D eigenvalue weighted by atomic mass is 35.5. The summed E-state index contributed by atoms with van der Waals surface area (Å²) in [6.07, 6.45) is 2.61. The zero-order chi connectivity index (χ0) is 22.5. The van der Waals surface area contributed by atoms with Crippen LogP contribution in [0.1, 0.15) is 41.0 Å².